The maximum Gasteiger partial charge on any atom is 0.270 e. The SMILES string of the molecule is COc1ccc(N=NC2SC(=S)N(c3ccccc3)C2=O)cc1. The number of benzene rings is 2. The number of carbonyl (C=O) groups is 1. The number of amides is 1. The number of carbonyl (C=O) groups excluding carboxylic acids is 1. The van der Waals surface area contributed by atoms with Crippen LogP contribution in [0.3, 0.4) is 0 Å². The molecule has 2 aromatic carbocycles. The predicted molar refractivity (Wildman–Crippen MR) is 95.4 cm³/mol. The molecule has 0 aliphatic carbocycles. The van der Waals surface area contributed by atoms with Gasteiger partial charge in [0, 0.05) is 0 Å². The minimum Gasteiger partial charge on any atom is -0.497 e. The second-order valence-electron chi connectivity index (χ2n) is 4.66. The highest BCUT2D eigenvalue weighted by molar-refractivity contribution is 8.25. The van der Waals surface area contributed by atoms with Gasteiger partial charge in [-0.25, -0.2) is 0 Å². The topological polar surface area (TPSA) is 54.3 Å². The lowest BCUT2D eigenvalue weighted by molar-refractivity contribution is -0.116. The van der Waals surface area contributed by atoms with Crippen LogP contribution >= 0.6 is 24.0 Å². The number of hydrogen-bond acceptors (Lipinski definition) is 6. The van der Waals surface area contributed by atoms with Crippen LogP contribution in [-0.2, 0) is 4.79 Å². The molecule has 1 aliphatic rings. The molecule has 0 radical (unpaired) electrons. The summed E-state index contributed by atoms with van der Waals surface area (Å²) < 4.78 is 5.57. The Kier molecular flexibility index (Phi) is 4.68. The van der Waals surface area contributed by atoms with Gasteiger partial charge in [-0.2, -0.15) is 10.2 Å². The Morgan fingerprint density at radius 3 is 2.48 bits per heavy atom. The van der Waals surface area contributed by atoms with E-state index in [9.17, 15) is 4.79 Å². The number of rotatable bonds is 4. The molecule has 2 aromatic rings. The van der Waals surface area contributed by atoms with Crippen LogP contribution in [0.25, 0.3) is 0 Å². The van der Waals surface area contributed by atoms with Crippen LogP contribution in [-0.4, -0.2) is 22.7 Å². The number of ether oxygens (including phenoxy) is 1. The van der Waals surface area contributed by atoms with Gasteiger partial charge in [-0.1, -0.05) is 42.2 Å². The van der Waals surface area contributed by atoms with E-state index in [1.54, 1.807) is 31.4 Å². The quantitative estimate of drug-likeness (QED) is 0.617. The molecule has 1 heterocycles. The summed E-state index contributed by atoms with van der Waals surface area (Å²) in [6.45, 7) is 0. The van der Waals surface area contributed by atoms with E-state index in [1.165, 1.54) is 16.7 Å². The average molecular weight is 343 g/mol. The van der Waals surface area contributed by atoms with E-state index in [-0.39, 0.29) is 5.91 Å². The largest absolute Gasteiger partial charge is 0.497 e. The fourth-order valence-corrected chi connectivity index (χ4v) is 3.31. The van der Waals surface area contributed by atoms with Crippen LogP contribution in [0.5, 0.6) is 5.75 Å². The molecule has 0 spiro atoms. The lowest BCUT2D eigenvalue weighted by Crippen LogP contribution is -2.30. The average Bonchev–Trinajstić information content (AvgIpc) is 2.88. The fourth-order valence-electron chi connectivity index (χ4n) is 2.05. The minimum absolute atomic E-state index is 0.177. The lowest BCUT2D eigenvalue weighted by Gasteiger charge is -2.14. The van der Waals surface area contributed by atoms with E-state index in [1.807, 2.05) is 30.3 Å². The van der Waals surface area contributed by atoms with Gasteiger partial charge in [-0.15, -0.1) is 0 Å². The van der Waals surface area contributed by atoms with Crippen molar-refractivity contribution in [1.29, 1.82) is 0 Å². The summed E-state index contributed by atoms with van der Waals surface area (Å²) in [6, 6.07) is 16.4. The van der Waals surface area contributed by atoms with E-state index in [0.717, 1.165) is 11.4 Å². The highest BCUT2D eigenvalue weighted by Crippen LogP contribution is 2.33. The van der Waals surface area contributed by atoms with Gasteiger partial charge in [0.1, 0.15) is 10.1 Å². The normalized spacial score (nSPS) is 18.0. The molecule has 0 N–H and O–H groups in total. The second kappa shape index (κ2) is 6.89. The molecule has 1 atom stereocenters. The Morgan fingerprint density at radius 1 is 1.13 bits per heavy atom. The van der Waals surface area contributed by atoms with Gasteiger partial charge in [0.15, 0.2) is 0 Å². The summed E-state index contributed by atoms with van der Waals surface area (Å²) in [4.78, 5) is 14.0. The number of thioether (sulfide) groups is 1. The molecule has 0 saturated carbocycles. The van der Waals surface area contributed by atoms with Gasteiger partial charge in [0.05, 0.1) is 18.5 Å². The number of para-hydroxylation sites is 1. The molecule has 3 rings (SSSR count). The molecule has 1 fully saturated rings. The zero-order valence-electron chi connectivity index (χ0n) is 12.2. The van der Waals surface area contributed by atoms with E-state index in [4.69, 9.17) is 17.0 Å². The van der Waals surface area contributed by atoms with Crippen molar-refractivity contribution in [1.82, 2.24) is 0 Å². The smallest absolute Gasteiger partial charge is 0.270 e. The fraction of sp³-hybridized carbons (Fsp3) is 0.125. The number of anilines is 1. The van der Waals surface area contributed by atoms with Crippen LogP contribution in [0.2, 0.25) is 0 Å². The zero-order valence-corrected chi connectivity index (χ0v) is 13.9. The molecular formula is C16H13N3O2S2. The van der Waals surface area contributed by atoms with Crippen molar-refractivity contribution in [3.05, 3.63) is 54.6 Å². The van der Waals surface area contributed by atoms with E-state index >= 15 is 0 Å². The molecule has 5 nitrogen and oxygen atoms in total. The molecule has 1 aliphatic heterocycles. The number of methoxy groups -OCH3 is 1. The molecular weight excluding hydrogens is 330 g/mol. The molecule has 7 heteroatoms. The van der Waals surface area contributed by atoms with Crippen molar-refractivity contribution >= 4 is 45.6 Å². The predicted octanol–water partition coefficient (Wildman–Crippen LogP) is 4.17. The lowest BCUT2D eigenvalue weighted by atomic mass is 10.3. The van der Waals surface area contributed by atoms with Gasteiger partial charge in [0.2, 0.25) is 5.37 Å². The number of azo groups is 1. The molecule has 0 bridgehead atoms. The molecule has 1 amide bonds. The molecule has 0 aromatic heterocycles. The van der Waals surface area contributed by atoms with Crippen LogP contribution in [0, 0.1) is 0 Å². The van der Waals surface area contributed by atoms with Gasteiger partial charge in [-0.05, 0) is 36.4 Å². The van der Waals surface area contributed by atoms with Crippen molar-refractivity contribution in [2.24, 2.45) is 10.2 Å². The third-order valence-electron chi connectivity index (χ3n) is 3.19. The number of nitrogens with zero attached hydrogens (tertiary/aromatic N) is 3. The Hall–Kier alpha value is -2.25. The summed E-state index contributed by atoms with van der Waals surface area (Å²) in [5.41, 5.74) is 1.40. The van der Waals surface area contributed by atoms with Gasteiger partial charge >= 0.3 is 0 Å². The summed E-state index contributed by atoms with van der Waals surface area (Å²) in [7, 11) is 1.60. The van der Waals surface area contributed by atoms with E-state index in [0.29, 0.717) is 10.0 Å². The van der Waals surface area contributed by atoms with Crippen molar-refractivity contribution < 1.29 is 9.53 Å². The van der Waals surface area contributed by atoms with Crippen LogP contribution in [0.1, 0.15) is 0 Å². The molecule has 23 heavy (non-hydrogen) atoms. The highest BCUT2D eigenvalue weighted by atomic mass is 32.2. The maximum atomic E-state index is 12.5. The maximum absolute atomic E-state index is 12.5. The summed E-state index contributed by atoms with van der Waals surface area (Å²) in [5.74, 6) is 0.565. The minimum atomic E-state index is -0.648. The summed E-state index contributed by atoms with van der Waals surface area (Å²) in [6.07, 6.45) is 0. The van der Waals surface area contributed by atoms with Crippen molar-refractivity contribution in [3.8, 4) is 5.75 Å². The van der Waals surface area contributed by atoms with Gasteiger partial charge in [0.25, 0.3) is 5.91 Å². The summed E-state index contributed by atoms with van der Waals surface area (Å²) in [5, 5.41) is 7.59. The van der Waals surface area contributed by atoms with Gasteiger partial charge < -0.3 is 4.74 Å². The molecule has 1 unspecified atom stereocenters. The number of hydrogen-bond donors (Lipinski definition) is 0. The first-order valence-corrected chi connectivity index (χ1v) is 8.12. The first kappa shape index (κ1) is 15.6. The van der Waals surface area contributed by atoms with Crippen LogP contribution in [0.4, 0.5) is 11.4 Å². The van der Waals surface area contributed by atoms with E-state index in [2.05, 4.69) is 10.2 Å². The Balaban J connectivity index is 1.75. The summed E-state index contributed by atoms with van der Waals surface area (Å²) >= 11 is 6.52. The van der Waals surface area contributed by atoms with Gasteiger partial charge in [-0.3, -0.25) is 9.69 Å². The number of thiocarbonyl (C=S) groups is 1. The standard InChI is InChI=1S/C16H13N3O2S2/c1-21-13-9-7-11(8-10-13)17-18-14-15(20)19(16(22)23-14)12-5-3-2-4-6-12/h2-10,14H,1H3. The third-order valence-corrected chi connectivity index (χ3v) is 4.57. The Labute approximate surface area is 143 Å². The van der Waals surface area contributed by atoms with Crippen LogP contribution < -0.4 is 9.64 Å². The Bertz CT molecular complexity index is 748. The highest BCUT2D eigenvalue weighted by Gasteiger charge is 2.38. The van der Waals surface area contributed by atoms with Crippen molar-refractivity contribution in [3.63, 3.8) is 0 Å². The third kappa shape index (κ3) is 3.40. The first-order valence-electron chi connectivity index (χ1n) is 6.83. The van der Waals surface area contributed by atoms with E-state index < -0.39 is 5.37 Å². The Morgan fingerprint density at radius 2 is 1.83 bits per heavy atom. The van der Waals surface area contributed by atoms with Crippen LogP contribution in [0.15, 0.2) is 64.8 Å². The second-order valence-corrected chi connectivity index (χ2v) is 6.37. The van der Waals surface area contributed by atoms with Crippen molar-refractivity contribution in [2.75, 3.05) is 12.0 Å². The zero-order chi connectivity index (χ0) is 16.2. The van der Waals surface area contributed by atoms with Crippen molar-refractivity contribution in [2.45, 2.75) is 5.37 Å². The first-order chi connectivity index (χ1) is 11.2. The molecule has 1 saturated heterocycles. The molecule has 116 valence electrons. The monoisotopic (exact) mass is 343 g/mol.